The zero-order chi connectivity index (χ0) is 16.3. The fraction of sp³-hybridized carbons (Fsp3) is 0.250. The third-order valence-electron chi connectivity index (χ3n) is 3.18. The number of ether oxygens (including phenoxy) is 1. The van der Waals surface area contributed by atoms with Gasteiger partial charge in [0.15, 0.2) is 6.61 Å². The van der Waals surface area contributed by atoms with E-state index in [-0.39, 0.29) is 6.61 Å². The van der Waals surface area contributed by atoms with Crippen molar-refractivity contribution in [2.75, 3.05) is 11.9 Å². The molecule has 6 heteroatoms. The number of carbonyl (C=O) groups is 2. The number of esters is 1. The maximum absolute atomic E-state index is 11.9. The van der Waals surface area contributed by atoms with Crippen LogP contribution in [-0.2, 0) is 16.6 Å². The first-order valence-electron chi connectivity index (χ1n) is 6.73. The van der Waals surface area contributed by atoms with E-state index in [1.165, 1.54) is 0 Å². The Morgan fingerprint density at radius 1 is 1.32 bits per heavy atom. The molecule has 0 bridgehead atoms. The smallest absolute Gasteiger partial charge is 0.355 e. The summed E-state index contributed by atoms with van der Waals surface area (Å²) in [5.74, 6) is -0.981. The third kappa shape index (κ3) is 3.68. The maximum Gasteiger partial charge on any atom is 0.355 e. The lowest BCUT2D eigenvalue weighted by atomic mass is 10.1. The van der Waals surface area contributed by atoms with Gasteiger partial charge >= 0.3 is 5.97 Å². The van der Waals surface area contributed by atoms with E-state index in [9.17, 15) is 9.59 Å². The summed E-state index contributed by atoms with van der Waals surface area (Å²) >= 11 is 6.12. The maximum atomic E-state index is 11.9. The number of benzene rings is 1. The molecule has 0 aliphatic rings. The van der Waals surface area contributed by atoms with E-state index < -0.39 is 11.9 Å². The first kappa shape index (κ1) is 16.1. The molecule has 2 aromatic rings. The highest BCUT2D eigenvalue weighted by Gasteiger charge is 2.14. The first-order chi connectivity index (χ1) is 10.4. The number of carbonyl (C=O) groups excluding carboxylic acids is 2. The van der Waals surface area contributed by atoms with Crippen LogP contribution in [0.1, 0.15) is 21.6 Å². The topological polar surface area (TPSA) is 60.3 Å². The minimum atomic E-state index is -0.547. The van der Waals surface area contributed by atoms with Crippen molar-refractivity contribution in [3.8, 4) is 0 Å². The predicted octanol–water partition coefficient (Wildman–Crippen LogP) is 3.09. The molecule has 116 valence electrons. The summed E-state index contributed by atoms with van der Waals surface area (Å²) in [6.45, 7) is 3.41. The summed E-state index contributed by atoms with van der Waals surface area (Å²) in [6.07, 6.45) is 1.73. The first-order valence-corrected chi connectivity index (χ1v) is 7.11. The summed E-state index contributed by atoms with van der Waals surface area (Å²) in [7, 11) is 1.73. The fourth-order valence-corrected chi connectivity index (χ4v) is 2.50. The minimum Gasteiger partial charge on any atom is -0.451 e. The second-order valence-corrected chi connectivity index (χ2v) is 5.47. The van der Waals surface area contributed by atoms with Gasteiger partial charge in [0.25, 0.3) is 5.91 Å². The van der Waals surface area contributed by atoms with Gasteiger partial charge in [0.2, 0.25) is 0 Å². The summed E-state index contributed by atoms with van der Waals surface area (Å²) in [6, 6.07) is 7.03. The zero-order valence-corrected chi connectivity index (χ0v) is 13.4. The van der Waals surface area contributed by atoms with Gasteiger partial charge in [-0.3, -0.25) is 4.79 Å². The molecular formula is C16H17ClN2O3. The Kier molecular flexibility index (Phi) is 4.88. The highest BCUT2D eigenvalue weighted by atomic mass is 35.5. The van der Waals surface area contributed by atoms with Crippen LogP contribution >= 0.6 is 11.6 Å². The number of aryl methyl sites for hydroxylation is 3. The third-order valence-corrected chi connectivity index (χ3v) is 3.48. The van der Waals surface area contributed by atoms with E-state index in [1.54, 1.807) is 36.0 Å². The van der Waals surface area contributed by atoms with Crippen LogP contribution in [0.25, 0.3) is 0 Å². The van der Waals surface area contributed by atoms with Gasteiger partial charge in [-0.25, -0.2) is 4.79 Å². The molecule has 0 aliphatic heterocycles. The Morgan fingerprint density at radius 2 is 2.05 bits per heavy atom. The van der Waals surface area contributed by atoms with Crippen LogP contribution in [0.15, 0.2) is 30.5 Å². The fourth-order valence-electron chi connectivity index (χ4n) is 2.13. The summed E-state index contributed by atoms with van der Waals surface area (Å²) < 4.78 is 6.62. The lowest BCUT2D eigenvalue weighted by molar-refractivity contribution is -0.119. The largest absolute Gasteiger partial charge is 0.451 e. The van der Waals surface area contributed by atoms with Crippen molar-refractivity contribution >= 4 is 29.2 Å². The molecule has 1 N–H and O–H groups in total. The molecule has 1 aromatic carbocycles. The van der Waals surface area contributed by atoms with Gasteiger partial charge in [0.05, 0.1) is 10.7 Å². The molecule has 0 fully saturated rings. The van der Waals surface area contributed by atoms with Gasteiger partial charge in [0, 0.05) is 13.2 Å². The normalized spacial score (nSPS) is 10.4. The standard InChI is InChI=1S/C16H17ClN2O3/c1-10-7-11(2)15(12(17)8-10)18-14(20)9-22-16(21)13-5-4-6-19(13)3/h4-8H,9H2,1-3H3,(H,18,20). The number of halogens is 1. The average molecular weight is 321 g/mol. The number of aromatic nitrogens is 1. The van der Waals surface area contributed by atoms with Crippen molar-refractivity contribution in [1.82, 2.24) is 4.57 Å². The molecule has 1 aromatic heterocycles. The number of hydrogen-bond acceptors (Lipinski definition) is 3. The molecule has 5 nitrogen and oxygen atoms in total. The quantitative estimate of drug-likeness (QED) is 0.881. The second-order valence-electron chi connectivity index (χ2n) is 5.07. The Labute approximate surface area is 133 Å². The Morgan fingerprint density at radius 3 is 2.64 bits per heavy atom. The van der Waals surface area contributed by atoms with Crippen molar-refractivity contribution in [2.24, 2.45) is 7.05 Å². The van der Waals surface area contributed by atoms with Crippen LogP contribution in [-0.4, -0.2) is 23.1 Å². The Balaban J connectivity index is 1.97. The molecule has 0 atom stereocenters. The lowest BCUT2D eigenvalue weighted by Crippen LogP contribution is -2.22. The molecule has 0 saturated heterocycles. The van der Waals surface area contributed by atoms with Gasteiger partial charge in [-0.2, -0.15) is 0 Å². The SMILES string of the molecule is Cc1cc(C)c(NC(=O)COC(=O)c2cccn2C)c(Cl)c1. The molecule has 22 heavy (non-hydrogen) atoms. The lowest BCUT2D eigenvalue weighted by Gasteiger charge is -2.12. The van der Waals surface area contributed by atoms with E-state index in [0.29, 0.717) is 16.4 Å². The number of nitrogens with one attached hydrogen (secondary N) is 1. The molecule has 1 amide bonds. The van der Waals surface area contributed by atoms with E-state index in [4.69, 9.17) is 16.3 Å². The van der Waals surface area contributed by atoms with Gasteiger partial charge in [-0.15, -0.1) is 0 Å². The van der Waals surface area contributed by atoms with E-state index in [0.717, 1.165) is 11.1 Å². The van der Waals surface area contributed by atoms with Crippen LogP contribution in [0.4, 0.5) is 5.69 Å². The Hall–Kier alpha value is -2.27. The van der Waals surface area contributed by atoms with Gasteiger partial charge in [0.1, 0.15) is 5.69 Å². The molecule has 0 radical (unpaired) electrons. The van der Waals surface area contributed by atoms with E-state index in [1.807, 2.05) is 19.9 Å². The predicted molar refractivity (Wildman–Crippen MR) is 85.3 cm³/mol. The van der Waals surface area contributed by atoms with Crippen LogP contribution in [0.5, 0.6) is 0 Å². The number of rotatable bonds is 4. The molecule has 0 saturated carbocycles. The highest BCUT2D eigenvalue weighted by molar-refractivity contribution is 6.34. The van der Waals surface area contributed by atoms with Crippen molar-refractivity contribution in [3.63, 3.8) is 0 Å². The van der Waals surface area contributed by atoms with E-state index >= 15 is 0 Å². The molecule has 0 unspecified atom stereocenters. The van der Waals surface area contributed by atoms with E-state index in [2.05, 4.69) is 5.32 Å². The van der Waals surface area contributed by atoms with Crippen LogP contribution in [0.2, 0.25) is 5.02 Å². The highest BCUT2D eigenvalue weighted by Crippen LogP contribution is 2.27. The van der Waals surface area contributed by atoms with Crippen molar-refractivity contribution in [1.29, 1.82) is 0 Å². The number of anilines is 1. The molecular weight excluding hydrogens is 304 g/mol. The molecule has 0 aliphatic carbocycles. The second kappa shape index (κ2) is 6.66. The zero-order valence-electron chi connectivity index (χ0n) is 12.6. The van der Waals surface area contributed by atoms with Crippen LogP contribution in [0, 0.1) is 13.8 Å². The summed E-state index contributed by atoms with van der Waals surface area (Å²) in [4.78, 5) is 23.7. The van der Waals surface area contributed by atoms with Crippen LogP contribution in [0.3, 0.4) is 0 Å². The number of nitrogens with zero attached hydrogens (tertiary/aromatic N) is 1. The monoisotopic (exact) mass is 320 g/mol. The van der Waals surface area contributed by atoms with Gasteiger partial charge in [-0.1, -0.05) is 17.7 Å². The minimum absolute atomic E-state index is 0.367. The molecule has 0 spiro atoms. The summed E-state index contributed by atoms with van der Waals surface area (Å²) in [5.41, 5.74) is 2.78. The van der Waals surface area contributed by atoms with Gasteiger partial charge < -0.3 is 14.6 Å². The van der Waals surface area contributed by atoms with Crippen LogP contribution < -0.4 is 5.32 Å². The van der Waals surface area contributed by atoms with Gasteiger partial charge in [-0.05, 0) is 43.2 Å². The molecule has 1 heterocycles. The summed E-state index contributed by atoms with van der Waals surface area (Å²) in [5, 5.41) is 3.12. The van der Waals surface area contributed by atoms with Crippen molar-refractivity contribution in [2.45, 2.75) is 13.8 Å². The number of hydrogen-bond donors (Lipinski definition) is 1. The number of amides is 1. The van der Waals surface area contributed by atoms with Crippen molar-refractivity contribution < 1.29 is 14.3 Å². The average Bonchev–Trinajstić information content (AvgIpc) is 2.86. The molecule has 2 rings (SSSR count). The van der Waals surface area contributed by atoms with Crippen molar-refractivity contribution in [3.05, 3.63) is 52.3 Å². The Bertz CT molecular complexity index is 699.